The quantitative estimate of drug-likeness (QED) is 0.796. The van der Waals surface area contributed by atoms with Crippen molar-refractivity contribution in [3.05, 3.63) is 29.3 Å². The van der Waals surface area contributed by atoms with Gasteiger partial charge in [-0.2, -0.15) is 0 Å². The predicted molar refractivity (Wildman–Crippen MR) is 81.4 cm³/mol. The van der Waals surface area contributed by atoms with Gasteiger partial charge >= 0.3 is 0 Å². The Morgan fingerprint density at radius 3 is 3.00 bits per heavy atom. The topological polar surface area (TPSA) is 40.5 Å². The maximum absolute atomic E-state index is 12.4. The minimum atomic E-state index is -0.0207. The summed E-state index contributed by atoms with van der Waals surface area (Å²) in [6.07, 6.45) is 3.77. The average molecular weight is 285 g/mol. The molecule has 3 aliphatic rings. The second kappa shape index (κ2) is 4.33. The highest BCUT2D eigenvalue weighted by atomic mass is 16.3. The molecular formula is C18H23NO2. The molecule has 0 spiro atoms. The number of likely N-dealkylation sites (N-methyl/N-ethyl adjacent to an activating group) is 1. The number of Topliss-reactive ketones (excluding diaryl/α,β-unsaturated/α-hetero) is 1. The van der Waals surface area contributed by atoms with Gasteiger partial charge in [0, 0.05) is 23.8 Å². The third-order valence-electron chi connectivity index (χ3n) is 6.36. The second-order valence-electron chi connectivity index (χ2n) is 7.39. The van der Waals surface area contributed by atoms with Gasteiger partial charge in [-0.1, -0.05) is 13.0 Å². The summed E-state index contributed by atoms with van der Waals surface area (Å²) >= 11 is 0. The van der Waals surface area contributed by atoms with Crippen LogP contribution in [0.4, 0.5) is 0 Å². The Balaban J connectivity index is 1.91. The van der Waals surface area contributed by atoms with Gasteiger partial charge in [-0.15, -0.1) is 0 Å². The molecule has 2 unspecified atom stereocenters. The number of phenols is 1. The van der Waals surface area contributed by atoms with E-state index in [1.165, 1.54) is 11.1 Å². The van der Waals surface area contributed by atoms with Crippen LogP contribution in [0, 0.1) is 11.8 Å². The van der Waals surface area contributed by atoms with Crippen LogP contribution < -0.4 is 0 Å². The molecule has 0 aromatic heterocycles. The highest BCUT2D eigenvalue weighted by Gasteiger charge is 2.56. The molecule has 2 aliphatic carbocycles. The number of hydrogen-bond acceptors (Lipinski definition) is 3. The van der Waals surface area contributed by atoms with E-state index in [4.69, 9.17) is 0 Å². The Morgan fingerprint density at radius 1 is 1.38 bits per heavy atom. The van der Waals surface area contributed by atoms with E-state index >= 15 is 0 Å². The normalized spacial score (nSPS) is 38.8. The summed E-state index contributed by atoms with van der Waals surface area (Å²) in [6.45, 7) is 3.14. The molecule has 2 bridgehead atoms. The molecule has 2 fully saturated rings. The van der Waals surface area contributed by atoms with Gasteiger partial charge in [0.05, 0.1) is 0 Å². The first-order chi connectivity index (χ1) is 10.0. The molecule has 3 heteroatoms. The highest BCUT2D eigenvalue weighted by Crippen LogP contribution is 2.56. The summed E-state index contributed by atoms with van der Waals surface area (Å²) in [6, 6.07) is 6.34. The number of piperidine rings is 1. The summed E-state index contributed by atoms with van der Waals surface area (Å²) in [5.41, 5.74) is 2.58. The highest BCUT2D eigenvalue weighted by molar-refractivity contribution is 5.83. The largest absolute Gasteiger partial charge is 0.508 e. The molecule has 0 radical (unpaired) electrons. The van der Waals surface area contributed by atoms with Crippen LogP contribution in [-0.2, 0) is 16.6 Å². The molecule has 1 aromatic carbocycles. The van der Waals surface area contributed by atoms with Crippen molar-refractivity contribution in [2.75, 3.05) is 13.6 Å². The fourth-order valence-corrected chi connectivity index (χ4v) is 5.16. The van der Waals surface area contributed by atoms with Crippen LogP contribution in [0.15, 0.2) is 18.2 Å². The number of fused-ring (bicyclic) bond motifs is 1. The number of hydrogen-bond donors (Lipinski definition) is 1. The summed E-state index contributed by atoms with van der Waals surface area (Å²) < 4.78 is 0. The van der Waals surface area contributed by atoms with Crippen LogP contribution in [0.3, 0.4) is 0 Å². The van der Waals surface area contributed by atoms with E-state index in [2.05, 4.69) is 24.9 Å². The molecule has 1 saturated heterocycles. The fourth-order valence-electron chi connectivity index (χ4n) is 5.16. The number of phenolic OH excluding ortho intramolecular Hbond substituents is 1. The first-order valence-corrected chi connectivity index (χ1v) is 8.06. The number of ketones is 1. The van der Waals surface area contributed by atoms with E-state index in [1.54, 1.807) is 6.07 Å². The monoisotopic (exact) mass is 285 g/mol. The minimum absolute atomic E-state index is 0.0207. The van der Waals surface area contributed by atoms with Crippen molar-refractivity contribution in [1.29, 1.82) is 0 Å². The molecule has 4 atom stereocenters. The zero-order valence-electron chi connectivity index (χ0n) is 12.8. The SMILES string of the molecule is C[C@H]1C[C@H]2C3Cc4ccc(O)cc4C2(CCN3C)CC1=O. The van der Waals surface area contributed by atoms with Crippen LogP contribution in [0.25, 0.3) is 0 Å². The molecule has 4 rings (SSSR count). The Labute approximate surface area is 126 Å². The lowest BCUT2D eigenvalue weighted by atomic mass is 9.51. The molecule has 3 nitrogen and oxygen atoms in total. The van der Waals surface area contributed by atoms with Gasteiger partial charge in [0.2, 0.25) is 0 Å². The average Bonchev–Trinajstić information content (AvgIpc) is 2.45. The lowest BCUT2D eigenvalue weighted by Crippen LogP contribution is -2.61. The van der Waals surface area contributed by atoms with Crippen molar-refractivity contribution in [1.82, 2.24) is 4.90 Å². The summed E-state index contributed by atoms with van der Waals surface area (Å²) in [5.74, 6) is 1.49. The third kappa shape index (κ3) is 1.73. The van der Waals surface area contributed by atoms with Crippen LogP contribution in [0.2, 0.25) is 0 Å². The minimum Gasteiger partial charge on any atom is -0.508 e. The zero-order chi connectivity index (χ0) is 14.8. The first kappa shape index (κ1) is 13.3. The van der Waals surface area contributed by atoms with E-state index in [0.29, 0.717) is 29.9 Å². The van der Waals surface area contributed by atoms with Gasteiger partial charge in [-0.25, -0.2) is 0 Å². The van der Waals surface area contributed by atoms with Crippen molar-refractivity contribution < 1.29 is 9.90 Å². The molecule has 1 aromatic rings. The third-order valence-corrected chi connectivity index (χ3v) is 6.36. The van der Waals surface area contributed by atoms with Crippen LogP contribution >= 0.6 is 0 Å². The maximum Gasteiger partial charge on any atom is 0.136 e. The van der Waals surface area contributed by atoms with E-state index in [0.717, 1.165) is 25.8 Å². The van der Waals surface area contributed by atoms with Gasteiger partial charge in [-0.3, -0.25) is 4.79 Å². The van der Waals surface area contributed by atoms with Gasteiger partial charge in [0.15, 0.2) is 0 Å². The van der Waals surface area contributed by atoms with E-state index < -0.39 is 0 Å². The Hall–Kier alpha value is -1.35. The van der Waals surface area contributed by atoms with E-state index in [9.17, 15) is 9.90 Å². The van der Waals surface area contributed by atoms with Gasteiger partial charge < -0.3 is 10.0 Å². The van der Waals surface area contributed by atoms with E-state index in [1.807, 2.05) is 6.07 Å². The molecule has 21 heavy (non-hydrogen) atoms. The van der Waals surface area contributed by atoms with Crippen LogP contribution in [0.1, 0.15) is 37.3 Å². The molecule has 1 N–H and O–H groups in total. The Morgan fingerprint density at radius 2 is 2.19 bits per heavy atom. The van der Waals surface area contributed by atoms with Gasteiger partial charge in [-0.05, 0) is 62.0 Å². The molecule has 1 heterocycles. The number of benzene rings is 1. The lowest BCUT2D eigenvalue weighted by molar-refractivity contribution is -0.132. The summed E-state index contributed by atoms with van der Waals surface area (Å²) in [4.78, 5) is 14.9. The van der Waals surface area contributed by atoms with E-state index in [-0.39, 0.29) is 11.3 Å². The van der Waals surface area contributed by atoms with Crippen LogP contribution in [-0.4, -0.2) is 35.4 Å². The Kier molecular flexibility index (Phi) is 2.74. The van der Waals surface area contributed by atoms with Crippen LogP contribution in [0.5, 0.6) is 5.75 Å². The maximum atomic E-state index is 12.4. The molecule has 1 aliphatic heterocycles. The summed E-state index contributed by atoms with van der Waals surface area (Å²) in [5, 5.41) is 9.95. The molecular weight excluding hydrogens is 262 g/mol. The molecule has 0 amide bonds. The van der Waals surface area contributed by atoms with Crippen molar-refractivity contribution in [3.63, 3.8) is 0 Å². The van der Waals surface area contributed by atoms with Gasteiger partial charge in [0.25, 0.3) is 0 Å². The smallest absolute Gasteiger partial charge is 0.136 e. The number of rotatable bonds is 0. The van der Waals surface area contributed by atoms with Gasteiger partial charge in [0.1, 0.15) is 11.5 Å². The predicted octanol–water partition coefficient (Wildman–Crippen LogP) is 2.51. The number of nitrogens with zero attached hydrogens (tertiary/aromatic N) is 1. The number of carbonyl (C=O) groups excluding carboxylic acids is 1. The lowest BCUT2D eigenvalue weighted by Gasteiger charge is -2.58. The molecule has 112 valence electrons. The standard InChI is InChI=1S/C18H23NO2/c1-11-7-15-16-8-12-3-4-13(20)9-14(12)18(15,10-17(11)21)5-6-19(16)2/h3-4,9,11,15-16,20H,5-8,10H2,1-2H3/t11-,15-,16?,18?/m0/s1. The number of likely N-dealkylation sites (tertiary alicyclic amines) is 1. The second-order valence-corrected chi connectivity index (χ2v) is 7.39. The van der Waals surface area contributed by atoms with Crippen molar-refractivity contribution in [3.8, 4) is 5.75 Å². The molecule has 1 saturated carbocycles. The summed E-state index contributed by atoms with van der Waals surface area (Å²) in [7, 11) is 2.22. The fraction of sp³-hybridized carbons (Fsp3) is 0.611. The number of aromatic hydroxyl groups is 1. The van der Waals surface area contributed by atoms with Crippen molar-refractivity contribution >= 4 is 5.78 Å². The zero-order valence-corrected chi connectivity index (χ0v) is 12.8. The number of carbonyl (C=O) groups is 1. The Bertz CT molecular complexity index is 611. The van der Waals surface area contributed by atoms with Crippen molar-refractivity contribution in [2.45, 2.75) is 44.1 Å². The van der Waals surface area contributed by atoms with Crippen molar-refractivity contribution in [2.24, 2.45) is 11.8 Å². The first-order valence-electron chi connectivity index (χ1n) is 8.06.